The Morgan fingerprint density at radius 3 is 2.05 bits per heavy atom. The molecule has 2 heteroatoms. The van der Waals surface area contributed by atoms with Crippen LogP contribution in [0.4, 0.5) is 0 Å². The van der Waals surface area contributed by atoms with Crippen LogP contribution < -0.4 is 0 Å². The quantitative estimate of drug-likeness (QED) is 0.753. The van der Waals surface area contributed by atoms with Crippen LogP contribution in [-0.2, 0) is 17.6 Å². The van der Waals surface area contributed by atoms with Crippen molar-refractivity contribution in [2.45, 2.75) is 25.9 Å². The Bertz CT molecular complexity index is 507. The molecule has 0 aliphatic carbocycles. The monoisotopic (exact) mass is 270 g/mol. The van der Waals surface area contributed by atoms with E-state index in [0.717, 1.165) is 6.42 Å². The summed E-state index contributed by atoms with van der Waals surface area (Å²) in [5.41, 5.74) is 2.47. The first-order valence-corrected chi connectivity index (χ1v) is 6.92. The molecule has 19 heavy (non-hydrogen) atoms. The Morgan fingerprint density at radius 2 is 1.47 bits per heavy atom. The Labute approximate surface area is 120 Å². The van der Waals surface area contributed by atoms with E-state index < -0.39 is 0 Å². The molecule has 1 unspecified atom stereocenters. The zero-order chi connectivity index (χ0) is 13.5. The van der Waals surface area contributed by atoms with Crippen molar-refractivity contribution in [3.63, 3.8) is 0 Å². The first-order valence-electron chi connectivity index (χ1n) is 6.51. The minimum atomic E-state index is 0.110. The molecule has 0 amide bonds. The van der Waals surface area contributed by atoms with E-state index in [9.17, 15) is 0 Å². The Morgan fingerprint density at radius 1 is 0.947 bits per heavy atom. The summed E-state index contributed by atoms with van der Waals surface area (Å²) in [7, 11) is 0. The van der Waals surface area contributed by atoms with Crippen LogP contribution in [0.5, 0.6) is 0 Å². The van der Waals surface area contributed by atoms with Gasteiger partial charge in [-0.3, -0.25) is 0 Å². The lowest BCUT2D eigenvalue weighted by atomic mass is 10.1. The molecule has 98 valence electrons. The Hall–Kier alpha value is -1.67. The van der Waals surface area contributed by atoms with Crippen LogP contribution in [0.25, 0.3) is 0 Å². The van der Waals surface area contributed by atoms with Crippen molar-refractivity contribution < 1.29 is 4.74 Å². The van der Waals surface area contributed by atoms with Gasteiger partial charge in [-0.2, -0.15) is 0 Å². The third kappa shape index (κ3) is 4.84. The molecule has 0 fully saturated rings. The van der Waals surface area contributed by atoms with Crippen LogP contribution in [0.1, 0.15) is 18.1 Å². The van der Waals surface area contributed by atoms with Crippen LogP contribution in [0, 0.1) is 0 Å². The van der Waals surface area contributed by atoms with Crippen LogP contribution in [-0.4, -0.2) is 11.2 Å². The zero-order valence-corrected chi connectivity index (χ0v) is 11.9. The molecular weight excluding hydrogens is 252 g/mol. The van der Waals surface area contributed by atoms with Gasteiger partial charge < -0.3 is 4.74 Å². The molecule has 0 aliphatic rings. The van der Waals surface area contributed by atoms with Crippen molar-refractivity contribution in [1.82, 2.24) is 0 Å². The van der Waals surface area contributed by atoms with Crippen LogP contribution in [0.15, 0.2) is 60.7 Å². The number of rotatable bonds is 5. The van der Waals surface area contributed by atoms with Gasteiger partial charge in [0, 0.05) is 12.8 Å². The van der Waals surface area contributed by atoms with E-state index in [1.54, 1.807) is 0 Å². The highest BCUT2D eigenvalue weighted by molar-refractivity contribution is 7.80. The summed E-state index contributed by atoms with van der Waals surface area (Å²) < 4.78 is 5.79. The van der Waals surface area contributed by atoms with Crippen LogP contribution in [0.2, 0.25) is 0 Å². The average Bonchev–Trinajstić information content (AvgIpc) is 2.40. The van der Waals surface area contributed by atoms with Gasteiger partial charge in [-0.25, -0.2) is 0 Å². The van der Waals surface area contributed by atoms with E-state index >= 15 is 0 Å². The second-order valence-electron chi connectivity index (χ2n) is 4.65. The van der Waals surface area contributed by atoms with E-state index in [1.165, 1.54) is 11.1 Å². The third-order valence-corrected chi connectivity index (χ3v) is 3.13. The van der Waals surface area contributed by atoms with Crippen molar-refractivity contribution in [3.05, 3.63) is 71.8 Å². The molecule has 2 aromatic rings. The largest absolute Gasteiger partial charge is 0.483 e. The molecule has 0 saturated heterocycles. The molecular formula is C17H18OS. The number of hydrogen-bond donors (Lipinski definition) is 0. The smallest absolute Gasteiger partial charge is 0.164 e. The number of thiocarbonyl (C=S) groups is 1. The zero-order valence-electron chi connectivity index (χ0n) is 11.1. The highest BCUT2D eigenvalue weighted by Gasteiger charge is 2.07. The highest BCUT2D eigenvalue weighted by atomic mass is 32.1. The van der Waals surface area contributed by atoms with Gasteiger partial charge in [0.25, 0.3) is 0 Å². The van der Waals surface area contributed by atoms with E-state index in [-0.39, 0.29) is 6.10 Å². The summed E-state index contributed by atoms with van der Waals surface area (Å²) >= 11 is 5.31. The van der Waals surface area contributed by atoms with Gasteiger partial charge in [-0.15, -0.1) is 0 Å². The summed E-state index contributed by atoms with van der Waals surface area (Å²) in [6, 6.07) is 20.5. The van der Waals surface area contributed by atoms with Crippen LogP contribution >= 0.6 is 12.2 Å². The lowest BCUT2D eigenvalue weighted by Crippen LogP contribution is -2.17. The van der Waals surface area contributed by atoms with Gasteiger partial charge in [-0.1, -0.05) is 60.7 Å². The van der Waals surface area contributed by atoms with Crippen molar-refractivity contribution in [1.29, 1.82) is 0 Å². The fourth-order valence-corrected chi connectivity index (χ4v) is 2.35. The maximum absolute atomic E-state index is 5.79. The molecule has 0 radical (unpaired) electrons. The fraction of sp³-hybridized carbons (Fsp3) is 0.235. The number of ether oxygens (including phenoxy) is 1. The summed E-state index contributed by atoms with van der Waals surface area (Å²) in [5, 5.41) is 0.662. The normalized spacial score (nSPS) is 11.8. The maximum Gasteiger partial charge on any atom is 0.164 e. The van der Waals surface area contributed by atoms with Crippen molar-refractivity contribution in [2.24, 2.45) is 0 Å². The molecule has 0 N–H and O–H groups in total. The van der Waals surface area contributed by atoms with E-state index in [2.05, 4.69) is 31.2 Å². The van der Waals surface area contributed by atoms with Gasteiger partial charge in [-0.05, 0) is 30.3 Å². The topological polar surface area (TPSA) is 9.23 Å². The average molecular weight is 270 g/mol. The minimum Gasteiger partial charge on any atom is -0.483 e. The maximum atomic E-state index is 5.79. The molecule has 2 rings (SSSR count). The Balaban J connectivity index is 1.82. The molecule has 0 heterocycles. The van der Waals surface area contributed by atoms with Crippen molar-refractivity contribution >= 4 is 17.3 Å². The molecule has 1 nitrogen and oxygen atoms in total. The SMILES string of the molecule is CC(Cc1ccccc1)OC(=S)Cc1ccccc1. The van der Waals surface area contributed by atoms with Crippen molar-refractivity contribution in [3.8, 4) is 0 Å². The predicted molar refractivity (Wildman–Crippen MR) is 83.4 cm³/mol. The first kappa shape index (κ1) is 13.8. The summed E-state index contributed by atoms with van der Waals surface area (Å²) in [5.74, 6) is 0. The van der Waals surface area contributed by atoms with Gasteiger partial charge in [0.2, 0.25) is 0 Å². The molecule has 0 saturated carbocycles. The lowest BCUT2D eigenvalue weighted by Gasteiger charge is -2.15. The minimum absolute atomic E-state index is 0.110. The second-order valence-corrected chi connectivity index (χ2v) is 5.11. The lowest BCUT2D eigenvalue weighted by molar-refractivity contribution is 0.210. The molecule has 0 bridgehead atoms. The third-order valence-electron chi connectivity index (χ3n) is 2.89. The van der Waals surface area contributed by atoms with Gasteiger partial charge in [0.05, 0.1) is 0 Å². The molecule has 0 spiro atoms. The van der Waals surface area contributed by atoms with Gasteiger partial charge in [0.1, 0.15) is 6.10 Å². The standard InChI is InChI=1S/C17H18OS/c1-14(12-15-8-4-2-5-9-15)18-17(19)13-16-10-6-3-7-11-16/h2-11,14H,12-13H2,1H3. The van der Waals surface area contributed by atoms with Crippen LogP contribution in [0.3, 0.4) is 0 Å². The van der Waals surface area contributed by atoms with E-state index in [0.29, 0.717) is 11.5 Å². The molecule has 2 aromatic carbocycles. The predicted octanol–water partition coefficient (Wildman–Crippen LogP) is 4.20. The Kier molecular flexibility index (Phi) is 5.10. The fourth-order valence-electron chi connectivity index (χ4n) is 2.02. The summed E-state index contributed by atoms with van der Waals surface area (Å²) in [4.78, 5) is 0. The van der Waals surface area contributed by atoms with Crippen molar-refractivity contribution in [2.75, 3.05) is 0 Å². The van der Waals surface area contributed by atoms with Gasteiger partial charge >= 0.3 is 0 Å². The van der Waals surface area contributed by atoms with E-state index in [4.69, 9.17) is 17.0 Å². The second kappa shape index (κ2) is 7.05. The number of benzene rings is 2. The van der Waals surface area contributed by atoms with E-state index in [1.807, 2.05) is 36.4 Å². The summed E-state index contributed by atoms with van der Waals surface area (Å²) in [6.45, 7) is 2.06. The molecule has 0 aromatic heterocycles. The number of hydrogen-bond acceptors (Lipinski definition) is 2. The van der Waals surface area contributed by atoms with Gasteiger partial charge in [0.15, 0.2) is 5.05 Å². The molecule has 1 atom stereocenters. The summed E-state index contributed by atoms with van der Waals surface area (Å²) in [6.07, 6.45) is 1.70. The first-order chi connectivity index (χ1) is 9.24. The highest BCUT2D eigenvalue weighted by Crippen LogP contribution is 2.08. The molecule has 0 aliphatic heterocycles.